The van der Waals surface area contributed by atoms with Crippen molar-refractivity contribution in [3.8, 4) is 0 Å². The van der Waals surface area contributed by atoms with E-state index < -0.39 is 0 Å². The summed E-state index contributed by atoms with van der Waals surface area (Å²) in [6.45, 7) is 1.83. The highest BCUT2D eigenvalue weighted by atomic mass is 16.2. The Morgan fingerprint density at radius 3 is 2.68 bits per heavy atom. The SMILES string of the molecule is Cc1c(C=O)cccc1NC(=O)NC1CCCCC1. The summed E-state index contributed by atoms with van der Waals surface area (Å²) in [5.41, 5.74) is 2.10. The molecule has 1 aliphatic rings. The largest absolute Gasteiger partial charge is 0.335 e. The number of hydrogen-bond donors (Lipinski definition) is 2. The van der Waals surface area contributed by atoms with Crippen molar-refractivity contribution < 1.29 is 9.59 Å². The summed E-state index contributed by atoms with van der Waals surface area (Å²) in [7, 11) is 0. The highest BCUT2D eigenvalue weighted by Crippen LogP contribution is 2.19. The molecule has 0 atom stereocenters. The molecule has 1 aromatic rings. The lowest BCUT2D eigenvalue weighted by Gasteiger charge is -2.23. The molecule has 1 fully saturated rings. The number of carbonyl (C=O) groups excluding carboxylic acids is 2. The van der Waals surface area contributed by atoms with Crippen molar-refractivity contribution in [1.82, 2.24) is 5.32 Å². The van der Waals surface area contributed by atoms with Crippen LogP contribution in [-0.2, 0) is 0 Å². The molecule has 0 heterocycles. The van der Waals surface area contributed by atoms with Gasteiger partial charge in [0, 0.05) is 17.3 Å². The third-order valence-corrected chi connectivity index (χ3v) is 3.69. The molecule has 1 aromatic carbocycles. The van der Waals surface area contributed by atoms with E-state index in [0.29, 0.717) is 11.3 Å². The van der Waals surface area contributed by atoms with Crippen LogP contribution in [0.4, 0.5) is 10.5 Å². The minimum absolute atomic E-state index is 0.182. The van der Waals surface area contributed by atoms with Crippen molar-refractivity contribution in [1.29, 1.82) is 0 Å². The number of anilines is 1. The first-order valence-corrected chi connectivity index (χ1v) is 6.83. The van der Waals surface area contributed by atoms with Gasteiger partial charge in [-0.1, -0.05) is 31.4 Å². The summed E-state index contributed by atoms with van der Waals surface area (Å²) < 4.78 is 0. The van der Waals surface area contributed by atoms with Gasteiger partial charge in [0.25, 0.3) is 0 Å². The molecule has 0 saturated heterocycles. The lowest BCUT2D eigenvalue weighted by Crippen LogP contribution is -2.39. The Morgan fingerprint density at radius 1 is 1.26 bits per heavy atom. The van der Waals surface area contributed by atoms with Gasteiger partial charge in [0.05, 0.1) is 0 Å². The number of aldehydes is 1. The average Bonchev–Trinajstić information content (AvgIpc) is 2.42. The van der Waals surface area contributed by atoms with Crippen LogP contribution in [-0.4, -0.2) is 18.4 Å². The molecule has 2 amide bonds. The predicted molar refractivity (Wildman–Crippen MR) is 75.6 cm³/mol. The summed E-state index contributed by atoms with van der Waals surface area (Å²) in [5, 5.41) is 5.82. The third-order valence-electron chi connectivity index (χ3n) is 3.69. The molecule has 1 aliphatic carbocycles. The standard InChI is InChI=1S/C15H20N2O2/c1-11-12(10-18)6-5-9-14(11)17-15(19)16-13-7-3-2-4-8-13/h5-6,9-10,13H,2-4,7-8H2,1H3,(H2,16,17,19). The van der Waals surface area contributed by atoms with Crippen LogP contribution in [0.3, 0.4) is 0 Å². The van der Waals surface area contributed by atoms with Crippen molar-refractivity contribution in [2.45, 2.75) is 45.1 Å². The fraction of sp³-hybridized carbons (Fsp3) is 0.467. The Labute approximate surface area is 113 Å². The van der Waals surface area contributed by atoms with Crippen molar-refractivity contribution in [2.24, 2.45) is 0 Å². The monoisotopic (exact) mass is 260 g/mol. The van der Waals surface area contributed by atoms with Gasteiger partial charge in [-0.25, -0.2) is 4.79 Å². The Hall–Kier alpha value is -1.84. The van der Waals surface area contributed by atoms with Crippen molar-refractivity contribution >= 4 is 18.0 Å². The third kappa shape index (κ3) is 3.56. The number of nitrogens with one attached hydrogen (secondary N) is 2. The lowest BCUT2D eigenvalue weighted by molar-refractivity contribution is 0.112. The minimum atomic E-state index is -0.182. The Balaban J connectivity index is 1.96. The zero-order valence-electron chi connectivity index (χ0n) is 11.2. The highest BCUT2D eigenvalue weighted by Gasteiger charge is 2.16. The van der Waals surface area contributed by atoms with Crippen LogP contribution in [0.1, 0.15) is 48.0 Å². The first-order chi connectivity index (χ1) is 9.20. The van der Waals surface area contributed by atoms with Crippen molar-refractivity contribution in [3.05, 3.63) is 29.3 Å². The molecule has 0 bridgehead atoms. The maximum Gasteiger partial charge on any atom is 0.319 e. The van der Waals surface area contributed by atoms with Gasteiger partial charge in [0.1, 0.15) is 6.29 Å². The second-order valence-electron chi connectivity index (χ2n) is 5.07. The Kier molecular flexibility index (Phi) is 4.55. The molecule has 0 spiro atoms. The molecule has 0 aliphatic heterocycles. The molecular weight excluding hydrogens is 240 g/mol. The van der Waals surface area contributed by atoms with Gasteiger partial charge >= 0.3 is 6.03 Å². The first-order valence-electron chi connectivity index (χ1n) is 6.83. The zero-order valence-corrected chi connectivity index (χ0v) is 11.2. The van der Waals surface area contributed by atoms with E-state index in [2.05, 4.69) is 10.6 Å². The molecule has 2 N–H and O–H groups in total. The fourth-order valence-electron chi connectivity index (χ4n) is 2.51. The molecule has 0 aromatic heterocycles. The van der Waals surface area contributed by atoms with E-state index >= 15 is 0 Å². The molecule has 2 rings (SSSR count). The smallest absolute Gasteiger partial charge is 0.319 e. The molecule has 4 nitrogen and oxygen atoms in total. The second kappa shape index (κ2) is 6.36. The minimum Gasteiger partial charge on any atom is -0.335 e. The van der Waals surface area contributed by atoms with Gasteiger partial charge < -0.3 is 10.6 Å². The second-order valence-corrected chi connectivity index (χ2v) is 5.07. The fourth-order valence-corrected chi connectivity index (χ4v) is 2.51. The molecule has 102 valence electrons. The summed E-state index contributed by atoms with van der Waals surface area (Å²) in [6, 6.07) is 5.42. The van der Waals surface area contributed by atoms with Crippen LogP contribution in [0.25, 0.3) is 0 Å². The number of carbonyl (C=O) groups is 2. The number of amides is 2. The number of hydrogen-bond acceptors (Lipinski definition) is 2. The van der Waals surface area contributed by atoms with Gasteiger partial charge in [-0.15, -0.1) is 0 Å². The van der Waals surface area contributed by atoms with Crippen LogP contribution >= 0.6 is 0 Å². The van der Waals surface area contributed by atoms with E-state index in [0.717, 1.165) is 24.7 Å². The van der Waals surface area contributed by atoms with Crippen LogP contribution in [0.2, 0.25) is 0 Å². The van der Waals surface area contributed by atoms with Gasteiger partial charge in [0.2, 0.25) is 0 Å². The Bertz CT molecular complexity index is 465. The van der Waals surface area contributed by atoms with Gasteiger partial charge in [-0.3, -0.25) is 4.79 Å². The molecule has 19 heavy (non-hydrogen) atoms. The number of urea groups is 1. The predicted octanol–water partition coefficient (Wildman–Crippen LogP) is 3.26. The molecule has 0 radical (unpaired) electrons. The molecule has 0 unspecified atom stereocenters. The Morgan fingerprint density at radius 2 is 2.00 bits per heavy atom. The quantitative estimate of drug-likeness (QED) is 0.819. The van der Waals surface area contributed by atoms with E-state index in [1.807, 2.05) is 13.0 Å². The van der Waals surface area contributed by atoms with E-state index in [-0.39, 0.29) is 12.1 Å². The maximum atomic E-state index is 11.9. The number of benzene rings is 1. The normalized spacial score (nSPS) is 15.8. The van der Waals surface area contributed by atoms with Crippen LogP contribution < -0.4 is 10.6 Å². The number of rotatable bonds is 3. The summed E-state index contributed by atoms with van der Waals surface area (Å²) >= 11 is 0. The van der Waals surface area contributed by atoms with Gasteiger partial charge in [-0.05, 0) is 31.4 Å². The summed E-state index contributed by atoms with van der Waals surface area (Å²) in [5.74, 6) is 0. The van der Waals surface area contributed by atoms with Crippen molar-refractivity contribution in [3.63, 3.8) is 0 Å². The molecule has 1 saturated carbocycles. The molecule has 4 heteroatoms. The molecular formula is C15H20N2O2. The lowest BCUT2D eigenvalue weighted by atomic mass is 9.96. The topological polar surface area (TPSA) is 58.2 Å². The van der Waals surface area contributed by atoms with Crippen LogP contribution in [0.5, 0.6) is 0 Å². The highest BCUT2D eigenvalue weighted by molar-refractivity contribution is 5.92. The van der Waals surface area contributed by atoms with E-state index in [9.17, 15) is 9.59 Å². The maximum absolute atomic E-state index is 11.9. The van der Waals surface area contributed by atoms with Gasteiger partial charge in [-0.2, -0.15) is 0 Å². The summed E-state index contributed by atoms with van der Waals surface area (Å²) in [6.07, 6.45) is 6.55. The average molecular weight is 260 g/mol. The zero-order chi connectivity index (χ0) is 13.7. The first kappa shape index (κ1) is 13.6. The van der Waals surface area contributed by atoms with E-state index in [4.69, 9.17) is 0 Å². The van der Waals surface area contributed by atoms with E-state index in [1.165, 1.54) is 19.3 Å². The summed E-state index contributed by atoms with van der Waals surface area (Å²) in [4.78, 5) is 22.8. The van der Waals surface area contributed by atoms with Crippen LogP contribution in [0.15, 0.2) is 18.2 Å². The van der Waals surface area contributed by atoms with E-state index in [1.54, 1.807) is 12.1 Å². The van der Waals surface area contributed by atoms with Crippen LogP contribution in [0, 0.1) is 6.92 Å². The van der Waals surface area contributed by atoms with Gasteiger partial charge in [0.15, 0.2) is 0 Å². The van der Waals surface area contributed by atoms with Crippen molar-refractivity contribution in [2.75, 3.05) is 5.32 Å².